The molecule has 0 heterocycles. The lowest BCUT2D eigenvalue weighted by Gasteiger charge is -2.21. The molecule has 2 heteroatoms. The van der Waals surface area contributed by atoms with Crippen LogP contribution in [0.3, 0.4) is 0 Å². The zero-order chi connectivity index (χ0) is 10.2. The molecule has 2 N–H and O–H groups in total. The molecule has 0 aliphatic rings. The van der Waals surface area contributed by atoms with Crippen LogP contribution in [-0.2, 0) is 0 Å². The zero-order valence-electron chi connectivity index (χ0n) is 8.79. The van der Waals surface area contributed by atoms with E-state index in [0.29, 0.717) is 6.42 Å². The summed E-state index contributed by atoms with van der Waals surface area (Å²) in [6.07, 6.45) is 8.44. The molecular formula is C11H22O2. The summed E-state index contributed by atoms with van der Waals surface area (Å²) in [7, 11) is 0. The average Bonchev–Trinajstić information content (AvgIpc) is 2.05. The highest BCUT2D eigenvalue weighted by molar-refractivity contribution is 4.88. The molecule has 0 radical (unpaired) electrons. The third-order valence-electron chi connectivity index (χ3n) is 2.15. The van der Waals surface area contributed by atoms with Gasteiger partial charge in [-0.25, -0.2) is 0 Å². The molecule has 78 valence electrons. The first kappa shape index (κ1) is 12.7. The van der Waals surface area contributed by atoms with Crippen molar-refractivity contribution in [2.75, 3.05) is 6.61 Å². The SMILES string of the molecule is CCCCCC(C)(O)C/C=C/CO. The molecule has 0 fully saturated rings. The fraction of sp³-hybridized carbons (Fsp3) is 0.818. The Morgan fingerprint density at radius 3 is 2.46 bits per heavy atom. The van der Waals surface area contributed by atoms with Crippen LogP contribution in [0.15, 0.2) is 12.2 Å². The fourth-order valence-corrected chi connectivity index (χ4v) is 1.27. The largest absolute Gasteiger partial charge is 0.392 e. The molecular weight excluding hydrogens is 164 g/mol. The summed E-state index contributed by atoms with van der Waals surface area (Å²) >= 11 is 0. The van der Waals surface area contributed by atoms with Crippen molar-refractivity contribution in [2.24, 2.45) is 0 Å². The van der Waals surface area contributed by atoms with Gasteiger partial charge in [0.15, 0.2) is 0 Å². The van der Waals surface area contributed by atoms with Gasteiger partial charge in [0.25, 0.3) is 0 Å². The summed E-state index contributed by atoms with van der Waals surface area (Å²) in [6.45, 7) is 4.07. The first-order valence-corrected chi connectivity index (χ1v) is 5.10. The van der Waals surface area contributed by atoms with E-state index in [9.17, 15) is 5.11 Å². The molecule has 0 aromatic carbocycles. The summed E-state index contributed by atoms with van der Waals surface area (Å²) in [5.74, 6) is 0. The summed E-state index contributed by atoms with van der Waals surface area (Å²) in [5.41, 5.74) is -0.596. The quantitative estimate of drug-likeness (QED) is 0.473. The van der Waals surface area contributed by atoms with Crippen LogP contribution in [0.1, 0.15) is 46.0 Å². The smallest absolute Gasteiger partial charge is 0.0654 e. The van der Waals surface area contributed by atoms with Crippen molar-refractivity contribution in [1.82, 2.24) is 0 Å². The van der Waals surface area contributed by atoms with E-state index in [1.165, 1.54) is 12.8 Å². The van der Waals surface area contributed by atoms with Gasteiger partial charge in [0, 0.05) is 0 Å². The standard InChI is InChI=1S/C11H22O2/c1-3-4-5-8-11(2,13)9-6-7-10-12/h6-7,12-13H,3-5,8-10H2,1-2H3/b7-6+. The molecule has 0 spiro atoms. The van der Waals surface area contributed by atoms with Crippen LogP contribution >= 0.6 is 0 Å². The minimum absolute atomic E-state index is 0.0606. The Morgan fingerprint density at radius 2 is 1.92 bits per heavy atom. The first-order valence-electron chi connectivity index (χ1n) is 5.10. The Labute approximate surface area is 81.3 Å². The van der Waals surface area contributed by atoms with Gasteiger partial charge in [-0.3, -0.25) is 0 Å². The third kappa shape index (κ3) is 8.00. The highest BCUT2D eigenvalue weighted by atomic mass is 16.3. The maximum atomic E-state index is 9.83. The molecule has 0 aromatic rings. The lowest BCUT2D eigenvalue weighted by molar-refractivity contribution is 0.0512. The van der Waals surface area contributed by atoms with Crippen LogP contribution in [-0.4, -0.2) is 22.4 Å². The fourth-order valence-electron chi connectivity index (χ4n) is 1.27. The van der Waals surface area contributed by atoms with E-state index in [0.717, 1.165) is 12.8 Å². The summed E-state index contributed by atoms with van der Waals surface area (Å²) in [5, 5.41) is 18.3. The van der Waals surface area contributed by atoms with Gasteiger partial charge in [0.1, 0.15) is 0 Å². The molecule has 2 nitrogen and oxygen atoms in total. The van der Waals surface area contributed by atoms with Crippen LogP contribution in [0, 0.1) is 0 Å². The first-order chi connectivity index (χ1) is 6.12. The predicted octanol–water partition coefficient (Wildman–Crippen LogP) is 2.26. The average molecular weight is 186 g/mol. The second kappa shape index (κ2) is 7.10. The van der Waals surface area contributed by atoms with Crippen LogP contribution in [0.25, 0.3) is 0 Å². The highest BCUT2D eigenvalue weighted by Crippen LogP contribution is 2.18. The van der Waals surface area contributed by atoms with Crippen LogP contribution < -0.4 is 0 Å². The Balaban J connectivity index is 3.59. The summed E-state index contributed by atoms with van der Waals surface area (Å²) < 4.78 is 0. The van der Waals surface area contributed by atoms with Crippen LogP contribution in [0.5, 0.6) is 0 Å². The van der Waals surface area contributed by atoms with Crippen molar-refractivity contribution >= 4 is 0 Å². The van der Waals surface area contributed by atoms with Gasteiger partial charge in [-0.2, -0.15) is 0 Å². The minimum Gasteiger partial charge on any atom is -0.392 e. The van der Waals surface area contributed by atoms with Gasteiger partial charge < -0.3 is 10.2 Å². The minimum atomic E-state index is -0.596. The monoisotopic (exact) mass is 186 g/mol. The Kier molecular flexibility index (Phi) is 6.92. The third-order valence-corrected chi connectivity index (χ3v) is 2.15. The Morgan fingerprint density at radius 1 is 1.23 bits per heavy atom. The van der Waals surface area contributed by atoms with E-state index in [-0.39, 0.29) is 6.61 Å². The molecule has 0 amide bonds. The van der Waals surface area contributed by atoms with E-state index in [1.807, 2.05) is 13.0 Å². The van der Waals surface area contributed by atoms with E-state index in [1.54, 1.807) is 6.08 Å². The van der Waals surface area contributed by atoms with Crippen LogP contribution in [0.4, 0.5) is 0 Å². The van der Waals surface area contributed by atoms with Gasteiger partial charge in [-0.15, -0.1) is 0 Å². The summed E-state index contributed by atoms with van der Waals surface area (Å²) in [6, 6.07) is 0. The second-order valence-corrected chi connectivity index (χ2v) is 3.81. The molecule has 0 bridgehead atoms. The molecule has 0 saturated heterocycles. The number of rotatable bonds is 7. The van der Waals surface area contributed by atoms with Gasteiger partial charge in [0.05, 0.1) is 12.2 Å². The van der Waals surface area contributed by atoms with Crippen molar-refractivity contribution in [3.8, 4) is 0 Å². The Bertz CT molecular complexity index is 139. The molecule has 0 aliphatic carbocycles. The van der Waals surface area contributed by atoms with E-state index in [4.69, 9.17) is 5.11 Å². The lowest BCUT2D eigenvalue weighted by atomic mass is 9.95. The maximum Gasteiger partial charge on any atom is 0.0654 e. The van der Waals surface area contributed by atoms with Crippen molar-refractivity contribution in [3.63, 3.8) is 0 Å². The molecule has 1 atom stereocenters. The molecule has 0 saturated carbocycles. The van der Waals surface area contributed by atoms with Gasteiger partial charge in [0.2, 0.25) is 0 Å². The number of hydrogen-bond donors (Lipinski definition) is 2. The van der Waals surface area contributed by atoms with Crippen molar-refractivity contribution in [3.05, 3.63) is 12.2 Å². The van der Waals surface area contributed by atoms with E-state index < -0.39 is 5.60 Å². The molecule has 13 heavy (non-hydrogen) atoms. The molecule has 0 rings (SSSR count). The summed E-state index contributed by atoms with van der Waals surface area (Å²) in [4.78, 5) is 0. The number of aliphatic hydroxyl groups is 2. The van der Waals surface area contributed by atoms with Crippen molar-refractivity contribution in [2.45, 2.75) is 51.6 Å². The van der Waals surface area contributed by atoms with Gasteiger partial charge in [-0.05, 0) is 19.8 Å². The Hall–Kier alpha value is -0.340. The number of hydrogen-bond acceptors (Lipinski definition) is 2. The normalized spacial score (nSPS) is 16.3. The number of unbranched alkanes of at least 4 members (excludes halogenated alkanes) is 2. The van der Waals surface area contributed by atoms with E-state index >= 15 is 0 Å². The van der Waals surface area contributed by atoms with Crippen molar-refractivity contribution in [1.29, 1.82) is 0 Å². The lowest BCUT2D eigenvalue weighted by Crippen LogP contribution is -2.22. The second-order valence-electron chi connectivity index (χ2n) is 3.81. The number of aliphatic hydroxyl groups excluding tert-OH is 1. The van der Waals surface area contributed by atoms with Gasteiger partial charge >= 0.3 is 0 Å². The zero-order valence-corrected chi connectivity index (χ0v) is 8.79. The molecule has 0 aliphatic heterocycles. The van der Waals surface area contributed by atoms with E-state index in [2.05, 4.69) is 6.92 Å². The molecule has 1 unspecified atom stereocenters. The topological polar surface area (TPSA) is 40.5 Å². The maximum absolute atomic E-state index is 9.83. The molecule has 0 aromatic heterocycles. The highest BCUT2D eigenvalue weighted by Gasteiger charge is 2.16. The van der Waals surface area contributed by atoms with Crippen molar-refractivity contribution < 1.29 is 10.2 Å². The predicted molar refractivity (Wildman–Crippen MR) is 55.6 cm³/mol. The van der Waals surface area contributed by atoms with Gasteiger partial charge in [-0.1, -0.05) is 38.3 Å². The van der Waals surface area contributed by atoms with Crippen LogP contribution in [0.2, 0.25) is 0 Å².